The number of rotatable bonds is 14. The van der Waals surface area contributed by atoms with E-state index in [-0.39, 0.29) is 6.42 Å². The summed E-state index contributed by atoms with van der Waals surface area (Å²) in [6, 6.07) is 0. The molecule has 0 amide bonds. The lowest BCUT2D eigenvalue weighted by Crippen LogP contribution is -2.52. The van der Waals surface area contributed by atoms with Crippen LogP contribution in [0.3, 0.4) is 0 Å². The van der Waals surface area contributed by atoms with Crippen molar-refractivity contribution in [1.29, 1.82) is 0 Å². The van der Waals surface area contributed by atoms with Crippen LogP contribution in [-0.2, 0) is 14.2 Å². The Morgan fingerprint density at radius 1 is 0.720 bits per heavy atom. The summed E-state index contributed by atoms with van der Waals surface area (Å²) in [5, 5.41) is 0. The Hall–Kier alpha value is -0.470. The minimum absolute atomic E-state index is 0.0491. The molecule has 0 spiro atoms. The first-order chi connectivity index (χ1) is 11.6. The summed E-state index contributed by atoms with van der Waals surface area (Å²) in [4.78, 5) is 0. The maximum atomic E-state index is 14.6. The number of hydrogen-bond acceptors (Lipinski definition) is 3. The van der Waals surface area contributed by atoms with Gasteiger partial charge in [0, 0.05) is 34.2 Å². The zero-order valence-corrected chi connectivity index (χ0v) is 15.6. The summed E-state index contributed by atoms with van der Waals surface area (Å²) in [6.45, 7) is 2.07. The van der Waals surface area contributed by atoms with Crippen molar-refractivity contribution < 1.29 is 36.2 Å². The second-order valence-corrected chi connectivity index (χ2v) is 6.20. The minimum atomic E-state index is -4.65. The molecule has 0 fully saturated rings. The van der Waals surface area contributed by atoms with Crippen molar-refractivity contribution in [2.45, 2.75) is 82.8 Å². The predicted molar refractivity (Wildman–Crippen MR) is 85.5 cm³/mol. The monoisotopic (exact) mass is 378 g/mol. The molecule has 25 heavy (non-hydrogen) atoms. The van der Waals surface area contributed by atoms with Crippen molar-refractivity contribution in [3.05, 3.63) is 0 Å². The van der Waals surface area contributed by atoms with Gasteiger partial charge in [0.05, 0.1) is 0 Å². The van der Waals surface area contributed by atoms with Gasteiger partial charge >= 0.3 is 6.18 Å². The van der Waals surface area contributed by atoms with Crippen molar-refractivity contribution in [1.82, 2.24) is 0 Å². The molecule has 0 N–H and O–H groups in total. The van der Waals surface area contributed by atoms with Gasteiger partial charge in [0.25, 0.3) is 11.9 Å². The topological polar surface area (TPSA) is 27.7 Å². The maximum Gasteiger partial charge on any atom is 0.389 e. The van der Waals surface area contributed by atoms with E-state index in [0.717, 1.165) is 53.4 Å². The lowest BCUT2D eigenvalue weighted by atomic mass is 9.88. The molecule has 0 radical (unpaired) electrons. The number of alkyl halides is 5. The molecule has 0 aliphatic heterocycles. The van der Waals surface area contributed by atoms with Crippen LogP contribution in [0.15, 0.2) is 0 Å². The molecule has 3 nitrogen and oxygen atoms in total. The first-order valence-electron chi connectivity index (χ1n) is 8.68. The smallest absolute Gasteiger partial charge is 0.330 e. The van der Waals surface area contributed by atoms with E-state index in [2.05, 4.69) is 6.92 Å². The van der Waals surface area contributed by atoms with Gasteiger partial charge in [-0.3, -0.25) is 0 Å². The summed E-state index contributed by atoms with van der Waals surface area (Å²) in [6.07, 6.45) is -2.38. The highest BCUT2D eigenvalue weighted by Gasteiger charge is 2.55. The molecule has 0 saturated heterocycles. The van der Waals surface area contributed by atoms with E-state index in [9.17, 15) is 22.0 Å². The number of unbranched alkanes of at least 4 members (excludes halogenated alkanes) is 5. The van der Waals surface area contributed by atoms with Crippen molar-refractivity contribution >= 4 is 0 Å². The van der Waals surface area contributed by atoms with Gasteiger partial charge in [0.2, 0.25) is 0 Å². The number of hydrogen-bond donors (Lipinski definition) is 0. The Kier molecular flexibility index (Phi) is 11.1. The highest BCUT2D eigenvalue weighted by molar-refractivity contribution is 4.85. The zero-order valence-electron chi connectivity index (χ0n) is 15.6. The van der Waals surface area contributed by atoms with Crippen LogP contribution in [-0.4, -0.2) is 39.4 Å². The van der Waals surface area contributed by atoms with Crippen molar-refractivity contribution in [3.63, 3.8) is 0 Å². The van der Waals surface area contributed by atoms with Crippen molar-refractivity contribution in [2.75, 3.05) is 21.3 Å². The Balaban J connectivity index is 5.05. The molecule has 8 heteroatoms. The van der Waals surface area contributed by atoms with Gasteiger partial charge in [-0.2, -0.15) is 13.2 Å². The molecular weight excluding hydrogens is 347 g/mol. The van der Waals surface area contributed by atoms with Crippen LogP contribution < -0.4 is 0 Å². The summed E-state index contributed by atoms with van der Waals surface area (Å²) < 4.78 is 81.3. The molecule has 0 aromatic heterocycles. The number of halogens is 5. The molecule has 0 aromatic rings. The van der Waals surface area contributed by atoms with Gasteiger partial charge in [-0.25, -0.2) is 8.78 Å². The zero-order chi connectivity index (χ0) is 19.6. The number of methoxy groups -OCH3 is 3. The summed E-state index contributed by atoms with van der Waals surface area (Å²) >= 11 is 0. The maximum absolute atomic E-state index is 14.6. The van der Waals surface area contributed by atoms with E-state index in [0.29, 0.717) is 6.42 Å². The third kappa shape index (κ3) is 8.64. The molecule has 1 unspecified atom stereocenters. The highest BCUT2D eigenvalue weighted by Crippen LogP contribution is 2.44. The largest absolute Gasteiger partial charge is 0.389 e. The van der Waals surface area contributed by atoms with Crippen LogP contribution >= 0.6 is 0 Å². The van der Waals surface area contributed by atoms with E-state index in [1.54, 1.807) is 0 Å². The van der Waals surface area contributed by atoms with Crippen LogP contribution in [0.5, 0.6) is 0 Å². The van der Waals surface area contributed by atoms with Gasteiger partial charge in [0.15, 0.2) is 0 Å². The first kappa shape index (κ1) is 24.5. The van der Waals surface area contributed by atoms with Gasteiger partial charge < -0.3 is 14.2 Å². The summed E-state index contributed by atoms with van der Waals surface area (Å²) in [7, 11) is 3.42. The normalized spacial score (nSPS) is 14.8. The van der Waals surface area contributed by atoms with Gasteiger partial charge in [-0.15, -0.1) is 0 Å². The molecule has 0 aliphatic carbocycles. The Morgan fingerprint density at radius 2 is 1.20 bits per heavy atom. The second-order valence-electron chi connectivity index (χ2n) is 6.20. The van der Waals surface area contributed by atoms with Crippen LogP contribution in [0.4, 0.5) is 22.0 Å². The van der Waals surface area contributed by atoms with Crippen molar-refractivity contribution in [2.24, 2.45) is 5.92 Å². The fraction of sp³-hybridized carbons (Fsp3) is 1.00. The molecule has 1 atom stereocenters. The predicted octanol–water partition coefficient (Wildman–Crippen LogP) is 5.92. The Bertz CT molecular complexity index is 335. The molecule has 0 rings (SSSR count). The molecule has 0 aromatic carbocycles. The molecule has 0 saturated carbocycles. The minimum Gasteiger partial charge on any atom is -0.330 e. The highest BCUT2D eigenvalue weighted by atomic mass is 19.4. The first-order valence-corrected chi connectivity index (χ1v) is 8.68. The van der Waals surface area contributed by atoms with E-state index >= 15 is 0 Å². The van der Waals surface area contributed by atoms with Crippen molar-refractivity contribution in [3.8, 4) is 0 Å². The average molecular weight is 378 g/mol. The molecule has 0 aliphatic rings. The van der Waals surface area contributed by atoms with Gasteiger partial charge in [-0.1, -0.05) is 45.4 Å². The SMILES string of the molecule is CCCCCCCCC(C(F)(F)CCC(F)(F)F)C(OC)(OC)OC. The molecule has 0 heterocycles. The Labute approximate surface area is 147 Å². The van der Waals surface area contributed by atoms with Crippen LogP contribution in [0.2, 0.25) is 0 Å². The standard InChI is InChI=1S/C17H31F5O3/c1-5-6-7-8-9-10-11-14(17(23-2,24-3)25-4)15(18,19)12-13-16(20,21)22/h14H,5-13H2,1-4H3. The lowest BCUT2D eigenvalue weighted by molar-refractivity contribution is -0.403. The quantitative estimate of drug-likeness (QED) is 0.213. The van der Waals surface area contributed by atoms with Crippen LogP contribution in [0.25, 0.3) is 0 Å². The fourth-order valence-corrected chi connectivity index (χ4v) is 2.93. The molecule has 0 bridgehead atoms. The fourth-order valence-electron chi connectivity index (χ4n) is 2.93. The Morgan fingerprint density at radius 3 is 1.64 bits per heavy atom. The van der Waals surface area contributed by atoms with Gasteiger partial charge in [-0.05, 0) is 6.42 Å². The summed E-state index contributed by atoms with van der Waals surface area (Å²) in [5.74, 6) is -7.34. The van der Waals surface area contributed by atoms with Crippen LogP contribution in [0.1, 0.15) is 64.7 Å². The summed E-state index contributed by atoms with van der Waals surface area (Å²) in [5.41, 5.74) is 0. The van der Waals surface area contributed by atoms with E-state index in [4.69, 9.17) is 14.2 Å². The molecular formula is C17H31F5O3. The van der Waals surface area contributed by atoms with Gasteiger partial charge in [0.1, 0.15) is 5.92 Å². The second kappa shape index (κ2) is 11.3. The third-order valence-corrected chi connectivity index (χ3v) is 4.38. The van der Waals surface area contributed by atoms with E-state index in [1.807, 2.05) is 0 Å². The lowest BCUT2D eigenvalue weighted by Gasteiger charge is -2.40. The third-order valence-electron chi connectivity index (χ3n) is 4.38. The van der Waals surface area contributed by atoms with E-state index in [1.165, 1.54) is 0 Å². The van der Waals surface area contributed by atoms with E-state index < -0.39 is 36.8 Å². The van der Waals surface area contributed by atoms with Crippen LogP contribution in [0, 0.1) is 5.92 Å². The number of ether oxygens (including phenoxy) is 3. The molecule has 152 valence electrons. The average Bonchev–Trinajstić information content (AvgIpc) is 2.55.